The normalized spacial score (nSPS) is 9.21. The Hall–Kier alpha value is -0.430. The molecule has 0 amide bonds. The molecule has 0 aliphatic heterocycles. The first-order valence-electron chi connectivity index (χ1n) is 5.32. The first-order valence-corrected chi connectivity index (χ1v) is 5.95. The van der Waals surface area contributed by atoms with Crippen molar-refractivity contribution in [2.45, 2.75) is 40.5 Å². The van der Waals surface area contributed by atoms with Gasteiger partial charge < -0.3 is 0 Å². The second-order valence-corrected chi connectivity index (χ2v) is 4.12. The highest BCUT2D eigenvalue weighted by Gasteiger charge is 1.93. The van der Waals surface area contributed by atoms with Crippen LogP contribution in [0.5, 0.6) is 0 Å². The third-order valence-corrected chi connectivity index (χ3v) is 2.11. The number of rotatable bonds is 2. The summed E-state index contributed by atoms with van der Waals surface area (Å²) >= 11 is 3.79. The molecule has 1 heteroatoms. The summed E-state index contributed by atoms with van der Waals surface area (Å²) < 4.78 is 0. The molecule has 0 fully saturated rings. The lowest BCUT2D eigenvalue weighted by molar-refractivity contribution is 0.919. The Bertz CT molecular complexity index is 253. The number of aryl methyl sites for hydroxylation is 3. The van der Waals surface area contributed by atoms with Crippen LogP contribution in [0.25, 0.3) is 0 Å². The van der Waals surface area contributed by atoms with Crippen molar-refractivity contribution in [3.05, 3.63) is 34.9 Å². The monoisotopic (exact) mass is 210 g/mol. The molecule has 0 spiro atoms. The lowest BCUT2D eigenvalue weighted by atomic mass is 10.0. The van der Waals surface area contributed by atoms with Crippen LogP contribution in [-0.4, -0.2) is 5.75 Å². The number of hydrogen-bond acceptors (Lipinski definition) is 1. The molecule has 1 aromatic rings. The van der Waals surface area contributed by atoms with Crippen molar-refractivity contribution >= 4 is 12.6 Å². The van der Waals surface area contributed by atoms with Crippen LogP contribution >= 0.6 is 12.6 Å². The van der Waals surface area contributed by atoms with Gasteiger partial charge in [0.25, 0.3) is 0 Å². The van der Waals surface area contributed by atoms with Gasteiger partial charge in [-0.1, -0.05) is 38.5 Å². The van der Waals surface area contributed by atoms with E-state index >= 15 is 0 Å². The van der Waals surface area contributed by atoms with Crippen LogP contribution in [0.1, 0.15) is 37.0 Å². The molecule has 0 saturated heterocycles. The van der Waals surface area contributed by atoms with E-state index in [-0.39, 0.29) is 0 Å². The molecule has 0 bridgehead atoms. The minimum Gasteiger partial charge on any atom is -0.180 e. The van der Waals surface area contributed by atoms with Crippen LogP contribution < -0.4 is 0 Å². The van der Waals surface area contributed by atoms with Gasteiger partial charge in [-0.15, -0.1) is 0 Å². The Kier molecular flexibility index (Phi) is 7.68. The van der Waals surface area contributed by atoms with E-state index < -0.39 is 0 Å². The van der Waals surface area contributed by atoms with Crippen molar-refractivity contribution in [2.75, 3.05) is 5.75 Å². The predicted octanol–water partition coefficient (Wildman–Crippen LogP) is 4.19. The van der Waals surface area contributed by atoms with Gasteiger partial charge >= 0.3 is 0 Å². The maximum absolute atomic E-state index is 3.79. The van der Waals surface area contributed by atoms with E-state index in [0.29, 0.717) is 0 Å². The molecule has 1 aromatic carbocycles. The Morgan fingerprint density at radius 1 is 1.07 bits per heavy atom. The molecule has 0 nitrogen and oxygen atoms in total. The van der Waals surface area contributed by atoms with Crippen molar-refractivity contribution < 1.29 is 0 Å². The SMILES string of the molecule is CCCc1ccc(C)c(C)c1.CCS. The van der Waals surface area contributed by atoms with Crippen LogP contribution in [0, 0.1) is 13.8 Å². The van der Waals surface area contributed by atoms with E-state index in [0.717, 1.165) is 5.75 Å². The Morgan fingerprint density at radius 3 is 2.07 bits per heavy atom. The summed E-state index contributed by atoms with van der Waals surface area (Å²) in [6, 6.07) is 6.73. The van der Waals surface area contributed by atoms with Gasteiger partial charge in [-0.25, -0.2) is 0 Å². The summed E-state index contributed by atoms with van der Waals surface area (Å²) in [7, 11) is 0. The molecule has 0 atom stereocenters. The van der Waals surface area contributed by atoms with Crippen LogP contribution in [0.4, 0.5) is 0 Å². The number of hydrogen-bond donors (Lipinski definition) is 1. The lowest BCUT2D eigenvalue weighted by Crippen LogP contribution is -1.86. The zero-order valence-corrected chi connectivity index (χ0v) is 10.7. The first-order chi connectivity index (χ1) is 6.65. The molecule has 0 radical (unpaired) electrons. The molecule has 0 N–H and O–H groups in total. The minimum atomic E-state index is 0.944. The van der Waals surface area contributed by atoms with Crippen LogP contribution in [-0.2, 0) is 6.42 Å². The quantitative estimate of drug-likeness (QED) is 0.695. The zero-order valence-electron chi connectivity index (χ0n) is 9.80. The van der Waals surface area contributed by atoms with Crippen LogP contribution in [0.3, 0.4) is 0 Å². The van der Waals surface area contributed by atoms with Gasteiger partial charge in [-0.2, -0.15) is 12.6 Å². The van der Waals surface area contributed by atoms with Crippen molar-refractivity contribution in [2.24, 2.45) is 0 Å². The van der Waals surface area contributed by atoms with Gasteiger partial charge in [0.2, 0.25) is 0 Å². The molecule has 14 heavy (non-hydrogen) atoms. The van der Waals surface area contributed by atoms with E-state index in [9.17, 15) is 0 Å². The van der Waals surface area contributed by atoms with Gasteiger partial charge in [-0.05, 0) is 42.7 Å². The Morgan fingerprint density at radius 2 is 1.64 bits per heavy atom. The van der Waals surface area contributed by atoms with Crippen molar-refractivity contribution in [3.8, 4) is 0 Å². The smallest absolute Gasteiger partial charge is 0.0126 e. The zero-order chi connectivity index (χ0) is 11.0. The molecular formula is C13H22S. The maximum atomic E-state index is 3.79. The van der Waals surface area contributed by atoms with E-state index in [2.05, 4.69) is 51.6 Å². The summed E-state index contributed by atoms with van der Waals surface area (Å²) in [6.07, 6.45) is 2.45. The molecule has 0 saturated carbocycles. The van der Waals surface area contributed by atoms with Gasteiger partial charge in [0.15, 0.2) is 0 Å². The fourth-order valence-electron chi connectivity index (χ4n) is 1.25. The second kappa shape index (κ2) is 7.93. The molecule has 0 unspecified atom stereocenters. The minimum absolute atomic E-state index is 0.944. The van der Waals surface area contributed by atoms with E-state index in [1.165, 1.54) is 29.5 Å². The highest BCUT2D eigenvalue weighted by Crippen LogP contribution is 2.10. The highest BCUT2D eigenvalue weighted by molar-refractivity contribution is 7.80. The summed E-state index contributed by atoms with van der Waals surface area (Å²) in [5.74, 6) is 0.944. The predicted molar refractivity (Wildman–Crippen MR) is 69.4 cm³/mol. The average Bonchev–Trinajstić information content (AvgIpc) is 2.13. The van der Waals surface area contributed by atoms with E-state index in [1.807, 2.05) is 6.92 Å². The Balaban J connectivity index is 0.000000500. The number of thiol groups is 1. The second-order valence-electron chi connectivity index (χ2n) is 3.48. The van der Waals surface area contributed by atoms with Gasteiger partial charge in [0, 0.05) is 0 Å². The third kappa shape index (κ3) is 5.33. The van der Waals surface area contributed by atoms with Crippen LogP contribution in [0.2, 0.25) is 0 Å². The fourth-order valence-corrected chi connectivity index (χ4v) is 1.25. The van der Waals surface area contributed by atoms with Crippen molar-refractivity contribution in [1.29, 1.82) is 0 Å². The molecular weight excluding hydrogens is 188 g/mol. The standard InChI is InChI=1S/C11H16.C2H6S/c1-4-5-11-7-6-9(2)10(3)8-11;1-2-3/h6-8H,4-5H2,1-3H3;3H,2H2,1H3. The van der Waals surface area contributed by atoms with Crippen LogP contribution in [0.15, 0.2) is 18.2 Å². The fraction of sp³-hybridized carbons (Fsp3) is 0.538. The first kappa shape index (κ1) is 13.6. The van der Waals surface area contributed by atoms with E-state index in [1.54, 1.807) is 0 Å². The molecule has 0 aliphatic rings. The van der Waals surface area contributed by atoms with Gasteiger partial charge in [0.1, 0.15) is 0 Å². The average molecular weight is 210 g/mol. The summed E-state index contributed by atoms with van der Waals surface area (Å²) in [6.45, 7) is 8.54. The summed E-state index contributed by atoms with van der Waals surface area (Å²) in [5.41, 5.74) is 4.27. The van der Waals surface area contributed by atoms with Gasteiger partial charge in [0.05, 0.1) is 0 Å². The molecule has 80 valence electrons. The largest absolute Gasteiger partial charge is 0.180 e. The van der Waals surface area contributed by atoms with Crippen molar-refractivity contribution in [3.63, 3.8) is 0 Å². The topological polar surface area (TPSA) is 0 Å². The maximum Gasteiger partial charge on any atom is -0.0126 e. The molecule has 0 aliphatic carbocycles. The number of benzene rings is 1. The summed E-state index contributed by atoms with van der Waals surface area (Å²) in [5, 5.41) is 0. The van der Waals surface area contributed by atoms with Gasteiger partial charge in [-0.3, -0.25) is 0 Å². The molecule has 0 heterocycles. The third-order valence-electron chi connectivity index (χ3n) is 2.11. The lowest BCUT2D eigenvalue weighted by Gasteiger charge is -2.02. The Labute approximate surface area is 94.1 Å². The highest BCUT2D eigenvalue weighted by atomic mass is 32.1. The molecule has 1 rings (SSSR count). The molecule has 0 aromatic heterocycles. The van der Waals surface area contributed by atoms with Crippen molar-refractivity contribution in [1.82, 2.24) is 0 Å². The van der Waals surface area contributed by atoms with E-state index in [4.69, 9.17) is 0 Å². The summed E-state index contributed by atoms with van der Waals surface area (Å²) in [4.78, 5) is 0.